The van der Waals surface area contributed by atoms with Gasteiger partial charge in [0, 0.05) is 12.8 Å². The minimum absolute atomic E-state index is 0.101. The summed E-state index contributed by atoms with van der Waals surface area (Å²) in [6.07, 6.45) is 5.07. The third kappa shape index (κ3) is 5.82. The van der Waals surface area contributed by atoms with E-state index < -0.39 is 5.60 Å². The molecule has 0 aliphatic carbocycles. The minimum atomic E-state index is -0.797. The van der Waals surface area contributed by atoms with E-state index in [0.717, 1.165) is 49.1 Å². The van der Waals surface area contributed by atoms with Gasteiger partial charge >= 0.3 is 0 Å². The first-order chi connectivity index (χ1) is 11.4. The van der Waals surface area contributed by atoms with Crippen LogP contribution in [-0.4, -0.2) is 24.7 Å². The molecular formula is C20H33NO3. The van der Waals surface area contributed by atoms with Crippen molar-refractivity contribution in [1.29, 1.82) is 0 Å². The van der Waals surface area contributed by atoms with Crippen molar-refractivity contribution in [2.24, 2.45) is 0 Å². The van der Waals surface area contributed by atoms with Crippen LogP contribution >= 0.6 is 0 Å². The van der Waals surface area contributed by atoms with Crippen LogP contribution in [0.5, 0.6) is 5.75 Å². The zero-order valence-corrected chi connectivity index (χ0v) is 16.1. The molecular weight excluding hydrogens is 302 g/mol. The highest BCUT2D eigenvalue weighted by atomic mass is 16.5. The van der Waals surface area contributed by atoms with Crippen LogP contribution in [0, 0.1) is 6.92 Å². The fourth-order valence-electron chi connectivity index (χ4n) is 2.44. The van der Waals surface area contributed by atoms with E-state index in [-0.39, 0.29) is 12.0 Å². The van der Waals surface area contributed by atoms with Crippen LogP contribution < -0.4 is 10.1 Å². The van der Waals surface area contributed by atoms with E-state index in [9.17, 15) is 4.79 Å². The van der Waals surface area contributed by atoms with Crippen molar-refractivity contribution in [2.75, 3.05) is 12.4 Å². The minimum Gasteiger partial charge on any atom is -0.490 e. The molecule has 0 bridgehead atoms. The number of aryl methyl sites for hydroxylation is 1. The SMILES string of the molecule is CCCCC[C@](C)(OC)C(=O)Nc1ccc(O[C@@H](C)CC)c(C)c1. The summed E-state index contributed by atoms with van der Waals surface area (Å²) in [4.78, 5) is 12.6. The van der Waals surface area contributed by atoms with Gasteiger partial charge in [-0.15, -0.1) is 0 Å². The lowest BCUT2D eigenvalue weighted by atomic mass is 9.97. The number of unbranched alkanes of at least 4 members (excludes halogenated alkanes) is 2. The van der Waals surface area contributed by atoms with Crippen LogP contribution in [0.15, 0.2) is 18.2 Å². The molecule has 0 heterocycles. The van der Waals surface area contributed by atoms with Crippen molar-refractivity contribution >= 4 is 11.6 Å². The average Bonchev–Trinajstić information content (AvgIpc) is 2.57. The predicted octanol–water partition coefficient (Wildman–Crippen LogP) is 5.10. The molecule has 1 aromatic carbocycles. The topological polar surface area (TPSA) is 47.6 Å². The van der Waals surface area contributed by atoms with Gasteiger partial charge in [-0.1, -0.05) is 33.1 Å². The Morgan fingerprint density at radius 1 is 1.29 bits per heavy atom. The van der Waals surface area contributed by atoms with Gasteiger partial charge in [-0.25, -0.2) is 0 Å². The van der Waals surface area contributed by atoms with Gasteiger partial charge in [-0.2, -0.15) is 0 Å². The van der Waals surface area contributed by atoms with Crippen molar-refractivity contribution in [1.82, 2.24) is 0 Å². The molecule has 4 heteroatoms. The van der Waals surface area contributed by atoms with E-state index in [1.807, 2.05) is 32.0 Å². The molecule has 0 unspecified atom stereocenters. The maximum atomic E-state index is 12.6. The number of rotatable bonds is 10. The summed E-state index contributed by atoms with van der Waals surface area (Å²) in [5.74, 6) is 0.760. The number of hydrogen-bond donors (Lipinski definition) is 1. The van der Waals surface area contributed by atoms with Crippen molar-refractivity contribution < 1.29 is 14.3 Å². The Bertz CT molecular complexity index is 530. The van der Waals surface area contributed by atoms with Gasteiger partial charge < -0.3 is 14.8 Å². The van der Waals surface area contributed by atoms with Gasteiger partial charge in [-0.3, -0.25) is 4.79 Å². The summed E-state index contributed by atoms with van der Waals surface area (Å²) in [5, 5.41) is 2.98. The number of amides is 1. The second-order valence-corrected chi connectivity index (χ2v) is 6.66. The van der Waals surface area contributed by atoms with Crippen LogP contribution in [0.3, 0.4) is 0 Å². The lowest BCUT2D eigenvalue weighted by Crippen LogP contribution is -2.41. The number of ether oxygens (including phenoxy) is 2. The second-order valence-electron chi connectivity index (χ2n) is 6.66. The summed E-state index contributed by atoms with van der Waals surface area (Å²) < 4.78 is 11.4. The Morgan fingerprint density at radius 2 is 2.00 bits per heavy atom. The van der Waals surface area contributed by atoms with Crippen molar-refractivity contribution in [3.05, 3.63) is 23.8 Å². The fourth-order valence-corrected chi connectivity index (χ4v) is 2.44. The molecule has 0 fully saturated rings. The summed E-state index contributed by atoms with van der Waals surface area (Å²) >= 11 is 0. The average molecular weight is 335 g/mol. The van der Waals surface area contributed by atoms with E-state index in [4.69, 9.17) is 9.47 Å². The molecule has 1 N–H and O–H groups in total. The molecule has 1 amide bonds. The molecule has 2 atom stereocenters. The highest BCUT2D eigenvalue weighted by Crippen LogP contribution is 2.26. The van der Waals surface area contributed by atoms with E-state index in [1.165, 1.54) is 0 Å². The summed E-state index contributed by atoms with van der Waals surface area (Å²) in [7, 11) is 1.60. The summed E-state index contributed by atoms with van der Waals surface area (Å²) in [6, 6.07) is 5.74. The van der Waals surface area contributed by atoms with Crippen LogP contribution in [-0.2, 0) is 9.53 Å². The Balaban J connectivity index is 2.76. The molecule has 1 aromatic rings. The summed E-state index contributed by atoms with van der Waals surface area (Å²) in [5.41, 5.74) is 0.987. The Kier molecular flexibility index (Phi) is 8.26. The number of carbonyl (C=O) groups is 1. The standard InChI is InChI=1S/C20H33NO3/c1-7-9-10-13-20(5,23-6)19(22)21-17-11-12-18(15(3)14-17)24-16(4)8-2/h11-12,14,16H,7-10,13H2,1-6H3,(H,21,22)/t16-,20-/m0/s1. The molecule has 0 aliphatic rings. The van der Waals surface area contributed by atoms with Gasteiger partial charge in [0.1, 0.15) is 11.4 Å². The number of hydrogen-bond acceptors (Lipinski definition) is 3. The second kappa shape index (κ2) is 9.67. The van der Waals surface area contributed by atoms with Crippen molar-refractivity contribution in [2.45, 2.75) is 78.4 Å². The third-order valence-corrected chi connectivity index (χ3v) is 4.52. The third-order valence-electron chi connectivity index (χ3n) is 4.52. The highest BCUT2D eigenvalue weighted by Gasteiger charge is 2.32. The van der Waals surface area contributed by atoms with Gasteiger partial charge in [0.15, 0.2) is 0 Å². The van der Waals surface area contributed by atoms with Gasteiger partial charge in [-0.05, 0) is 57.4 Å². The maximum Gasteiger partial charge on any atom is 0.256 e. The normalized spacial score (nSPS) is 14.8. The van der Waals surface area contributed by atoms with E-state index in [0.29, 0.717) is 0 Å². The number of anilines is 1. The Labute approximate surface area is 146 Å². The molecule has 136 valence electrons. The molecule has 0 aliphatic heterocycles. The lowest BCUT2D eigenvalue weighted by molar-refractivity contribution is -0.136. The predicted molar refractivity (Wildman–Crippen MR) is 99.7 cm³/mol. The Hall–Kier alpha value is -1.55. The van der Waals surface area contributed by atoms with Gasteiger partial charge in [0.25, 0.3) is 5.91 Å². The van der Waals surface area contributed by atoms with Gasteiger partial charge in [0.05, 0.1) is 6.10 Å². The molecule has 4 nitrogen and oxygen atoms in total. The first kappa shape index (κ1) is 20.5. The van der Waals surface area contributed by atoms with Crippen LogP contribution in [0.1, 0.15) is 65.4 Å². The largest absolute Gasteiger partial charge is 0.490 e. The highest BCUT2D eigenvalue weighted by molar-refractivity contribution is 5.97. The number of methoxy groups -OCH3 is 1. The lowest BCUT2D eigenvalue weighted by Gasteiger charge is -2.27. The van der Waals surface area contributed by atoms with Crippen LogP contribution in [0.25, 0.3) is 0 Å². The molecule has 0 spiro atoms. The zero-order chi connectivity index (χ0) is 18.2. The van der Waals surface area contributed by atoms with E-state index in [2.05, 4.69) is 26.1 Å². The van der Waals surface area contributed by atoms with Gasteiger partial charge in [0.2, 0.25) is 0 Å². The zero-order valence-electron chi connectivity index (χ0n) is 16.1. The molecule has 0 saturated heterocycles. The summed E-state index contributed by atoms with van der Waals surface area (Å²) in [6.45, 7) is 10.1. The van der Waals surface area contributed by atoms with Crippen LogP contribution in [0.2, 0.25) is 0 Å². The number of carbonyl (C=O) groups excluding carboxylic acids is 1. The van der Waals surface area contributed by atoms with E-state index >= 15 is 0 Å². The number of benzene rings is 1. The maximum absolute atomic E-state index is 12.6. The quantitative estimate of drug-likeness (QED) is 0.605. The van der Waals surface area contributed by atoms with Crippen molar-refractivity contribution in [3.8, 4) is 5.75 Å². The smallest absolute Gasteiger partial charge is 0.256 e. The monoisotopic (exact) mass is 335 g/mol. The molecule has 0 aromatic heterocycles. The van der Waals surface area contributed by atoms with Crippen LogP contribution in [0.4, 0.5) is 5.69 Å². The fraction of sp³-hybridized carbons (Fsp3) is 0.650. The first-order valence-electron chi connectivity index (χ1n) is 9.00. The van der Waals surface area contributed by atoms with Crippen molar-refractivity contribution in [3.63, 3.8) is 0 Å². The van der Waals surface area contributed by atoms with E-state index in [1.54, 1.807) is 7.11 Å². The Morgan fingerprint density at radius 3 is 2.54 bits per heavy atom. The molecule has 24 heavy (non-hydrogen) atoms. The number of nitrogens with one attached hydrogen (secondary N) is 1. The molecule has 0 saturated carbocycles. The molecule has 0 radical (unpaired) electrons. The first-order valence-corrected chi connectivity index (χ1v) is 9.00. The molecule has 1 rings (SSSR count).